The predicted molar refractivity (Wildman–Crippen MR) is 72.7 cm³/mol. The van der Waals surface area contributed by atoms with E-state index in [2.05, 4.69) is 4.99 Å². The summed E-state index contributed by atoms with van der Waals surface area (Å²) in [6.45, 7) is 1.10. The van der Waals surface area contributed by atoms with Crippen molar-refractivity contribution in [3.05, 3.63) is 23.8 Å². The molecule has 6 heteroatoms. The third kappa shape index (κ3) is 1.75. The lowest BCUT2D eigenvalue weighted by Gasteiger charge is -2.18. The SMILES string of the molecule is COC(=O)C1(I)N=C1c1ccc2c(c1)OCCO2. The van der Waals surface area contributed by atoms with E-state index < -0.39 is 3.55 Å². The minimum absolute atomic E-state index is 0.354. The van der Waals surface area contributed by atoms with E-state index in [-0.39, 0.29) is 5.97 Å². The van der Waals surface area contributed by atoms with E-state index in [1.807, 2.05) is 40.8 Å². The molecule has 0 saturated carbocycles. The fraction of sp³-hybridized carbons (Fsp3) is 0.333. The Morgan fingerprint density at radius 1 is 1.39 bits per heavy atom. The second-order valence-electron chi connectivity index (χ2n) is 3.93. The fourth-order valence-corrected chi connectivity index (χ4v) is 2.62. The van der Waals surface area contributed by atoms with Gasteiger partial charge < -0.3 is 14.2 Å². The quantitative estimate of drug-likeness (QED) is 0.348. The number of methoxy groups -OCH3 is 1. The molecule has 1 aromatic carbocycles. The highest BCUT2D eigenvalue weighted by Gasteiger charge is 2.54. The molecule has 3 rings (SSSR count). The van der Waals surface area contributed by atoms with Gasteiger partial charge in [-0.1, -0.05) is 0 Å². The first-order chi connectivity index (χ1) is 8.65. The molecule has 18 heavy (non-hydrogen) atoms. The number of alkyl halides is 1. The highest BCUT2D eigenvalue weighted by Crippen LogP contribution is 2.42. The van der Waals surface area contributed by atoms with Gasteiger partial charge in [0.15, 0.2) is 11.5 Å². The fourth-order valence-electron chi connectivity index (χ4n) is 1.85. The summed E-state index contributed by atoms with van der Waals surface area (Å²) >= 11 is 1.98. The Morgan fingerprint density at radius 2 is 2.11 bits per heavy atom. The summed E-state index contributed by atoms with van der Waals surface area (Å²) < 4.78 is 14.8. The number of benzene rings is 1. The second kappa shape index (κ2) is 4.11. The largest absolute Gasteiger partial charge is 0.486 e. The molecule has 1 atom stereocenters. The average molecular weight is 359 g/mol. The molecule has 0 spiro atoms. The smallest absolute Gasteiger partial charge is 0.350 e. The van der Waals surface area contributed by atoms with Gasteiger partial charge in [-0.25, -0.2) is 9.79 Å². The van der Waals surface area contributed by atoms with Crippen LogP contribution in [0, 0.1) is 0 Å². The van der Waals surface area contributed by atoms with Crippen molar-refractivity contribution < 1.29 is 19.0 Å². The summed E-state index contributed by atoms with van der Waals surface area (Å²) in [4.78, 5) is 15.8. The Morgan fingerprint density at radius 3 is 2.83 bits per heavy atom. The number of rotatable bonds is 2. The standard InChI is InChI=1S/C12H10INO4/c1-16-11(15)12(13)10(14-12)7-2-3-8-9(6-7)18-5-4-17-8/h2-3,6H,4-5H2,1H3. The van der Waals surface area contributed by atoms with Gasteiger partial charge in [0.25, 0.3) is 0 Å². The summed E-state index contributed by atoms with van der Waals surface area (Å²) in [5, 5.41) is 0. The molecule has 0 radical (unpaired) electrons. The first-order valence-electron chi connectivity index (χ1n) is 5.43. The number of hydrogen-bond donors (Lipinski definition) is 0. The lowest BCUT2D eigenvalue weighted by Crippen LogP contribution is -2.25. The van der Waals surface area contributed by atoms with E-state index in [1.165, 1.54) is 7.11 Å². The summed E-state index contributed by atoms with van der Waals surface area (Å²) in [6.07, 6.45) is 0. The molecule has 2 aliphatic heterocycles. The van der Waals surface area contributed by atoms with Crippen LogP contribution in [0.3, 0.4) is 0 Å². The summed E-state index contributed by atoms with van der Waals surface area (Å²) in [7, 11) is 1.36. The summed E-state index contributed by atoms with van der Waals surface area (Å²) in [6, 6.07) is 5.55. The zero-order valence-electron chi connectivity index (χ0n) is 9.60. The molecule has 0 aromatic heterocycles. The number of nitrogens with zero attached hydrogens (tertiary/aromatic N) is 1. The second-order valence-corrected chi connectivity index (χ2v) is 5.49. The van der Waals surface area contributed by atoms with Crippen LogP contribution in [-0.4, -0.2) is 35.6 Å². The average Bonchev–Trinajstić information content (AvgIpc) is 3.11. The Labute approximate surface area is 117 Å². The zero-order chi connectivity index (χ0) is 12.8. The zero-order valence-corrected chi connectivity index (χ0v) is 11.8. The van der Waals surface area contributed by atoms with E-state index in [0.717, 1.165) is 11.3 Å². The number of fused-ring (bicyclic) bond motifs is 1. The molecule has 0 N–H and O–H groups in total. The van der Waals surface area contributed by atoms with Crippen molar-refractivity contribution in [3.63, 3.8) is 0 Å². The van der Waals surface area contributed by atoms with E-state index in [0.29, 0.717) is 24.7 Å². The van der Waals surface area contributed by atoms with Crippen molar-refractivity contribution in [3.8, 4) is 11.5 Å². The lowest BCUT2D eigenvalue weighted by atomic mass is 10.1. The highest BCUT2D eigenvalue weighted by atomic mass is 127. The molecule has 94 valence electrons. The van der Waals surface area contributed by atoms with Gasteiger partial charge in [-0.15, -0.1) is 0 Å². The van der Waals surface area contributed by atoms with Crippen LogP contribution in [0.5, 0.6) is 11.5 Å². The molecule has 0 amide bonds. The Kier molecular flexibility index (Phi) is 2.69. The van der Waals surface area contributed by atoms with E-state index >= 15 is 0 Å². The van der Waals surface area contributed by atoms with Gasteiger partial charge in [0, 0.05) is 5.56 Å². The topological polar surface area (TPSA) is 57.1 Å². The number of carbonyl (C=O) groups excluding carboxylic acids is 1. The molecular formula is C12H10INO4. The van der Waals surface area contributed by atoms with Gasteiger partial charge in [-0.05, 0) is 40.8 Å². The van der Waals surface area contributed by atoms with Gasteiger partial charge in [0.05, 0.1) is 12.8 Å². The minimum atomic E-state index is -0.865. The van der Waals surface area contributed by atoms with Gasteiger partial charge in [-0.2, -0.15) is 0 Å². The van der Waals surface area contributed by atoms with E-state index in [1.54, 1.807) is 0 Å². The first-order valence-corrected chi connectivity index (χ1v) is 6.51. The van der Waals surface area contributed by atoms with Crippen LogP contribution < -0.4 is 9.47 Å². The van der Waals surface area contributed by atoms with Crippen LogP contribution in [0.25, 0.3) is 0 Å². The van der Waals surface area contributed by atoms with Crippen LogP contribution in [-0.2, 0) is 9.53 Å². The normalized spacial score (nSPS) is 24.2. The maximum Gasteiger partial charge on any atom is 0.350 e. The van der Waals surface area contributed by atoms with Gasteiger partial charge in [0.1, 0.15) is 13.2 Å². The molecule has 0 bridgehead atoms. The van der Waals surface area contributed by atoms with Crippen LogP contribution in [0.4, 0.5) is 0 Å². The Bertz CT molecular complexity index is 557. The number of ether oxygens (including phenoxy) is 3. The third-order valence-corrected chi connectivity index (χ3v) is 3.99. The molecule has 5 nitrogen and oxygen atoms in total. The van der Waals surface area contributed by atoms with Crippen LogP contribution in [0.15, 0.2) is 23.2 Å². The van der Waals surface area contributed by atoms with Gasteiger partial charge in [-0.3, -0.25) is 0 Å². The van der Waals surface area contributed by atoms with Crippen LogP contribution in [0.1, 0.15) is 5.56 Å². The van der Waals surface area contributed by atoms with Crippen molar-refractivity contribution in [1.29, 1.82) is 0 Å². The van der Waals surface area contributed by atoms with Crippen molar-refractivity contribution in [1.82, 2.24) is 0 Å². The van der Waals surface area contributed by atoms with Crippen LogP contribution >= 0.6 is 22.6 Å². The van der Waals surface area contributed by atoms with Crippen LogP contribution in [0.2, 0.25) is 0 Å². The molecule has 2 aliphatic rings. The molecule has 0 aliphatic carbocycles. The number of hydrogen-bond acceptors (Lipinski definition) is 5. The Balaban J connectivity index is 1.87. The third-order valence-electron chi connectivity index (χ3n) is 2.80. The van der Waals surface area contributed by atoms with Crippen molar-refractivity contribution >= 4 is 34.3 Å². The van der Waals surface area contributed by atoms with E-state index in [4.69, 9.17) is 14.2 Å². The van der Waals surface area contributed by atoms with Crippen molar-refractivity contribution in [2.45, 2.75) is 3.55 Å². The first kappa shape index (κ1) is 11.8. The Hall–Kier alpha value is -1.31. The number of esters is 1. The predicted octanol–water partition coefficient (Wildman–Crippen LogP) is 1.56. The molecule has 0 fully saturated rings. The molecule has 1 aromatic rings. The van der Waals surface area contributed by atoms with Gasteiger partial charge >= 0.3 is 5.97 Å². The van der Waals surface area contributed by atoms with Gasteiger partial charge in [0.2, 0.25) is 3.55 Å². The van der Waals surface area contributed by atoms with E-state index in [9.17, 15) is 4.79 Å². The highest BCUT2D eigenvalue weighted by molar-refractivity contribution is 14.1. The number of halogens is 1. The van der Waals surface area contributed by atoms with Crippen molar-refractivity contribution in [2.24, 2.45) is 4.99 Å². The summed E-state index contributed by atoms with van der Waals surface area (Å²) in [5.41, 5.74) is 1.57. The van der Waals surface area contributed by atoms with Crippen molar-refractivity contribution in [2.75, 3.05) is 20.3 Å². The molecular weight excluding hydrogens is 349 g/mol. The molecule has 1 unspecified atom stereocenters. The summed E-state index contributed by atoms with van der Waals surface area (Å²) in [5.74, 6) is 1.06. The number of carbonyl (C=O) groups is 1. The maximum atomic E-state index is 11.6. The molecule has 0 saturated heterocycles. The minimum Gasteiger partial charge on any atom is -0.486 e. The molecule has 2 heterocycles. The lowest BCUT2D eigenvalue weighted by molar-refractivity contribution is -0.139. The maximum absolute atomic E-state index is 11.6. The number of aliphatic imine (C=N–C) groups is 1. The monoisotopic (exact) mass is 359 g/mol.